The summed E-state index contributed by atoms with van der Waals surface area (Å²) in [6.07, 6.45) is 1.20. The number of hydrogen-bond donors (Lipinski definition) is 7. The molecule has 2 amide bonds. The zero-order valence-corrected chi connectivity index (χ0v) is 18.1. The quantitative estimate of drug-likeness (QED) is 0.129. The van der Waals surface area contributed by atoms with Crippen LogP contribution in [0.15, 0.2) is 30.3 Å². The van der Waals surface area contributed by atoms with Gasteiger partial charge < -0.3 is 32.5 Å². The lowest BCUT2D eigenvalue weighted by Gasteiger charge is -2.24. The average Bonchev–Trinajstić information content (AvgIpc) is 2.69. The van der Waals surface area contributed by atoms with Crippen LogP contribution in [0.25, 0.3) is 0 Å². The summed E-state index contributed by atoms with van der Waals surface area (Å²) in [6, 6.07) is 6.45. The molecule has 10 nitrogen and oxygen atoms in total. The molecule has 0 bridgehead atoms. The third-order valence-corrected chi connectivity index (χ3v) is 4.57. The Hall–Kier alpha value is -3.14. The highest BCUT2D eigenvalue weighted by Crippen LogP contribution is 2.08. The number of nitrogens with one attached hydrogen (secondary N) is 4. The zero-order valence-electron chi connectivity index (χ0n) is 18.1. The van der Waals surface area contributed by atoms with Crippen molar-refractivity contribution in [1.82, 2.24) is 16.0 Å². The molecule has 0 aromatic heterocycles. The molecule has 3 atom stereocenters. The molecule has 10 heteroatoms. The molecule has 172 valence electrons. The number of carbonyl (C=O) groups excluding carboxylic acids is 2. The maximum absolute atomic E-state index is 12.8. The normalized spacial score (nSPS) is 13.7. The SMILES string of the molecule is CC(C)CC(NC(=O)C(N)Cc1ccccc1)C(=O)NC(CCCNC(=N)N)C(=O)O. The van der Waals surface area contributed by atoms with E-state index in [2.05, 4.69) is 16.0 Å². The molecule has 0 radical (unpaired) electrons. The highest BCUT2D eigenvalue weighted by Gasteiger charge is 2.28. The number of guanidine groups is 1. The van der Waals surface area contributed by atoms with Crippen LogP contribution in [0.1, 0.15) is 38.7 Å². The highest BCUT2D eigenvalue weighted by molar-refractivity contribution is 5.91. The first-order valence-electron chi connectivity index (χ1n) is 10.3. The number of carboxylic acid groups (broad SMARTS) is 1. The van der Waals surface area contributed by atoms with Crippen molar-refractivity contribution in [3.05, 3.63) is 35.9 Å². The minimum absolute atomic E-state index is 0.0874. The van der Waals surface area contributed by atoms with Crippen LogP contribution < -0.4 is 27.4 Å². The molecule has 1 aromatic rings. The second kappa shape index (κ2) is 13.2. The second-order valence-electron chi connectivity index (χ2n) is 7.87. The topological polar surface area (TPSA) is 183 Å². The molecule has 0 aliphatic heterocycles. The molecular weight excluding hydrogens is 400 g/mol. The first-order valence-corrected chi connectivity index (χ1v) is 10.3. The Kier molecular flexibility index (Phi) is 11.0. The number of aliphatic carboxylic acids is 1. The van der Waals surface area contributed by atoms with E-state index in [4.69, 9.17) is 16.9 Å². The molecule has 0 saturated heterocycles. The smallest absolute Gasteiger partial charge is 0.326 e. The van der Waals surface area contributed by atoms with Crippen molar-refractivity contribution in [2.24, 2.45) is 17.4 Å². The maximum Gasteiger partial charge on any atom is 0.326 e. The first-order chi connectivity index (χ1) is 14.6. The van der Waals surface area contributed by atoms with Crippen molar-refractivity contribution in [3.8, 4) is 0 Å². The van der Waals surface area contributed by atoms with Crippen molar-refractivity contribution in [2.75, 3.05) is 6.54 Å². The van der Waals surface area contributed by atoms with E-state index in [-0.39, 0.29) is 18.3 Å². The molecule has 0 fully saturated rings. The molecule has 9 N–H and O–H groups in total. The molecule has 0 aliphatic carbocycles. The number of nitrogens with two attached hydrogens (primary N) is 2. The number of hydrogen-bond acceptors (Lipinski definition) is 5. The standard InChI is InChI=1S/C21H34N6O4/c1-13(2)11-17(27-18(28)15(22)12-14-7-4-3-5-8-14)19(29)26-16(20(30)31)9-6-10-25-21(23)24/h3-5,7-8,13,15-17H,6,9-12,22H2,1-2H3,(H,26,29)(H,27,28)(H,30,31)(H4,23,24,25). The van der Waals surface area contributed by atoms with Gasteiger partial charge in [-0.25, -0.2) is 4.79 Å². The molecule has 3 unspecified atom stereocenters. The Balaban J connectivity index is 2.72. The van der Waals surface area contributed by atoms with E-state index in [1.54, 1.807) is 0 Å². The van der Waals surface area contributed by atoms with Gasteiger partial charge in [0, 0.05) is 6.54 Å². The number of benzene rings is 1. The number of rotatable bonds is 13. The van der Waals surface area contributed by atoms with Crippen molar-refractivity contribution in [1.29, 1.82) is 5.41 Å². The summed E-state index contributed by atoms with van der Waals surface area (Å²) in [4.78, 5) is 36.8. The van der Waals surface area contributed by atoms with E-state index in [0.29, 0.717) is 25.8 Å². The van der Waals surface area contributed by atoms with Crippen LogP contribution >= 0.6 is 0 Å². The minimum Gasteiger partial charge on any atom is -0.480 e. The van der Waals surface area contributed by atoms with Crippen LogP contribution in [0.3, 0.4) is 0 Å². The Morgan fingerprint density at radius 2 is 1.68 bits per heavy atom. The first kappa shape index (κ1) is 25.9. The minimum atomic E-state index is -1.17. The molecular formula is C21H34N6O4. The Labute approximate surface area is 182 Å². The summed E-state index contributed by atoms with van der Waals surface area (Å²) in [5.41, 5.74) is 12.1. The van der Waals surface area contributed by atoms with Crippen molar-refractivity contribution in [2.45, 2.75) is 57.7 Å². The average molecular weight is 435 g/mol. The van der Waals surface area contributed by atoms with E-state index in [9.17, 15) is 19.5 Å². The van der Waals surface area contributed by atoms with Crippen LogP contribution in [-0.2, 0) is 20.8 Å². The fraction of sp³-hybridized carbons (Fsp3) is 0.524. The van der Waals surface area contributed by atoms with Crippen LogP contribution in [-0.4, -0.2) is 53.5 Å². The monoisotopic (exact) mass is 434 g/mol. The zero-order chi connectivity index (χ0) is 23.4. The van der Waals surface area contributed by atoms with Gasteiger partial charge >= 0.3 is 5.97 Å². The Morgan fingerprint density at radius 3 is 2.23 bits per heavy atom. The Morgan fingerprint density at radius 1 is 1.06 bits per heavy atom. The third kappa shape index (κ3) is 10.4. The number of amides is 2. The number of carbonyl (C=O) groups is 3. The molecule has 1 rings (SSSR count). The summed E-state index contributed by atoms with van der Waals surface area (Å²) in [6.45, 7) is 4.12. The largest absolute Gasteiger partial charge is 0.480 e. The lowest BCUT2D eigenvalue weighted by atomic mass is 10.0. The van der Waals surface area contributed by atoms with E-state index < -0.39 is 35.9 Å². The fourth-order valence-electron chi connectivity index (χ4n) is 3.00. The van der Waals surface area contributed by atoms with Crippen LogP contribution in [0, 0.1) is 11.3 Å². The van der Waals surface area contributed by atoms with E-state index in [1.165, 1.54) is 0 Å². The van der Waals surface area contributed by atoms with Crippen LogP contribution in [0.5, 0.6) is 0 Å². The van der Waals surface area contributed by atoms with Gasteiger partial charge in [-0.3, -0.25) is 15.0 Å². The molecule has 0 heterocycles. The van der Waals surface area contributed by atoms with Gasteiger partial charge in [0.25, 0.3) is 0 Å². The third-order valence-electron chi connectivity index (χ3n) is 4.57. The second-order valence-corrected chi connectivity index (χ2v) is 7.87. The molecule has 0 saturated carbocycles. The predicted octanol–water partition coefficient (Wildman–Crippen LogP) is -0.0800. The summed E-state index contributed by atoms with van der Waals surface area (Å²) in [7, 11) is 0. The van der Waals surface area contributed by atoms with Gasteiger partial charge in [-0.2, -0.15) is 0 Å². The van der Waals surface area contributed by atoms with Gasteiger partial charge in [0.15, 0.2) is 5.96 Å². The molecule has 0 aliphatic rings. The van der Waals surface area contributed by atoms with Gasteiger partial charge in [-0.1, -0.05) is 44.2 Å². The molecule has 0 spiro atoms. The summed E-state index contributed by atoms with van der Waals surface area (Å²) in [5.74, 6) is -2.33. The Bertz CT molecular complexity index is 741. The lowest BCUT2D eigenvalue weighted by Crippen LogP contribution is -2.55. The molecule has 31 heavy (non-hydrogen) atoms. The van der Waals surface area contributed by atoms with E-state index in [1.807, 2.05) is 44.2 Å². The molecule has 1 aromatic carbocycles. The van der Waals surface area contributed by atoms with Gasteiger partial charge in [-0.05, 0) is 37.2 Å². The van der Waals surface area contributed by atoms with Gasteiger partial charge in [0.2, 0.25) is 11.8 Å². The van der Waals surface area contributed by atoms with Crippen molar-refractivity contribution in [3.63, 3.8) is 0 Å². The lowest BCUT2D eigenvalue weighted by molar-refractivity contribution is -0.142. The van der Waals surface area contributed by atoms with Crippen molar-refractivity contribution < 1.29 is 19.5 Å². The summed E-state index contributed by atoms with van der Waals surface area (Å²) < 4.78 is 0. The fourth-order valence-corrected chi connectivity index (χ4v) is 3.00. The van der Waals surface area contributed by atoms with Gasteiger partial charge in [-0.15, -0.1) is 0 Å². The highest BCUT2D eigenvalue weighted by atomic mass is 16.4. The summed E-state index contributed by atoms with van der Waals surface area (Å²) >= 11 is 0. The number of carboxylic acids is 1. The van der Waals surface area contributed by atoms with Crippen molar-refractivity contribution >= 4 is 23.7 Å². The van der Waals surface area contributed by atoms with Gasteiger partial charge in [0.05, 0.1) is 6.04 Å². The van der Waals surface area contributed by atoms with E-state index in [0.717, 1.165) is 5.56 Å². The summed E-state index contributed by atoms with van der Waals surface area (Å²) in [5, 5.41) is 24.3. The predicted molar refractivity (Wildman–Crippen MR) is 118 cm³/mol. The van der Waals surface area contributed by atoms with Crippen LogP contribution in [0.2, 0.25) is 0 Å². The maximum atomic E-state index is 12.8. The van der Waals surface area contributed by atoms with E-state index >= 15 is 0 Å². The van der Waals surface area contributed by atoms with Crippen LogP contribution in [0.4, 0.5) is 0 Å². The van der Waals surface area contributed by atoms with Gasteiger partial charge in [0.1, 0.15) is 12.1 Å².